The van der Waals surface area contributed by atoms with Gasteiger partial charge in [-0.15, -0.1) is 0 Å². The summed E-state index contributed by atoms with van der Waals surface area (Å²) in [4.78, 5) is 0. The van der Waals surface area contributed by atoms with Gasteiger partial charge in [-0.1, -0.05) is 25.1 Å². The largest absolute Gasteiger partial charge is 0.467 e. The molecule has 0 bridgehead atoms. The third kappa shape index (κ3) is 3.53. The van der Waals surface area contributed by atoms with E-state index in [1.807, 2.05) is 31.2 Å². The maximum atomic E-state index is 5.98. The van der Waals surface area contributed by atoms with Crippen LogP contribution in [0.25, 0.3) is 0 Å². The van der Waals surface area contributed by atoms with Crippen molar-refractivity contribution in [2.75, 3.05) is 13.4 Å². The molecule has 3 nitrogen and oxygen atoms in total. The van der Waals surface area contributed by atoms with Gasteiger partial charge in [-0.2, -0.15) is 0 Å². The molecule has 15 heavy (non-hydrogen) atoms. The van der Waals surface area contributed by atoms with Crippen molar-refractivity contribution < 1.29 is 9.47 Å². The number of hydrogen-bond donors (Lipinski definition) is 1. The van der Waals surface area contributed by atoms with E-state index in [1.54, 1.807) is 0 Å². The quantitative estimate of drug-likeness (QED) is 0.578. The van der Waals surface area contributed by atoms with Crippen molar-refractivity contribution in [1.29, 1.82) is 0 Å². The van der Waals surface area contributed by atoms with Crippen molar-refractivity contribution in [3.8, 4) is 5.75 Å². The maximum Gasteiger partial charge on any atom is 0.189 e. The predicted octanol–water partition coefficient (Wildman–Crippen LogP) is 2.47. The zero-order valence-electron chi connectivity index (χ0n) is 9.40. The van der Waals surface area contributed by atoms with Crippen molar-refractivity contribution in [1.82, 2.24) is 0 Å². The molecule has 0 aromatic heterocycles. The molecule has 0 aliphatic heterocycles. The number of rotatable bonds is 6. The van der Waals surface area contributed by atoms with Crippen LogP contribution in [0.3, 0.4) is 0 Å². The molecule has 0 aliphatic carbocycles. The fourth-order valence-electron chi connectivity index (χ4n) is 1.33. The van der Waals surface area contributed by atoms with Gasteiger partial charge in [0.1, 0.15) is 5.75 Å². The molecule has 0 spiro atoms. The molecule has 2 N–H and O–H groups in total. The van der Waals surface area contributed by atoms with Crippen molar-refractivity contribution in [2.45, 2.75) is 26.3 Å². The lowest BCUT2D eigenvalue weighted by Gasteiger charge is -2.15. The Morgan fingerprint density at radius 2 is 2.00 bits per heavy atom. The van der Waals surface area contributed by atoms with Gasteiger partial charge in [0.25, 0.3) is 0 Å². The molecule has 0 radical (unpaired) electrons. The van der Waals surface area contributed by atoms with Crippen LogP contribution in [0.4, 0.5) is 0 Å². The standard InChI is InChI=1S/C12H19NO2/c1-3-11(13)10-7-5-6-8-12(10)15-9-14-4-2/h5-8,11H,3-4,9,13H2,1-2H3/t11-/m1/s1. The monoisotopic (exact) mass is 209 g/mol. The molecule has 1 aromatic rings. The van der Waals surface area contributed by atoms with E-state index < -0.39 is 0 Å². The van der Waals surface area contributed by atoms with Gasteiger partial charge in [-0.3, -0.25) is 0 Å². The molecule has 1 aromatic carbocycles. The Morgan fingerprint density at radius 1 is 1.27 bits per heavy atom. The average molecular weight is 209 g/mol. The molecule has 0 unspecified atom stereocenters. The fraction of sp³-hybridized carbons (Fsp3) is 0.500. The molecule has 1 rings (SSSR count). The van der Waals surface area contributed by atoms with Crippen LogP contribution in [-0.4, -0.2) is 13.4 Å². The predicted molar refractivity (Wildman–Crippen MR) is 60.8 cm³/mol. The molecule has 84 valence electrons. The van der Waals surface area contributed by atoms with Crippen molar-refractivity contribution in [2.24, 2.45) is 5.73 Å². The molecule has 1 atom stereocenters. The number of nitrogens with two attached hydrogens (primary N) is 1. The number of hydrogen-bond acceptors (Lipinski definition) is 3. The van der Waals surface area contributed by atoms with Crippen molar-refractivity contribution in [3.05, 3.63) is 29.8 Å². The smallest absolute Gasteiger partial charge is 0.189 e. The Balaban J connectivity index is 2.68. The van der Waals surface area contributed by atoms with Gasteiger partial charge in [0.2, 0.25) is 0 Å². The van der Waals surface area contributed by atoms with Crippen LogP contribution in [0.5, 0.6) is 5.75 Å². The normalized spacial score (nSPS) is 12.5. The molecule has 0 amide bonds. The third-order valence-electron chi connectivity index (χ3n) is 2.26. The Kier molecular flexibility index (Phi) is 5.15. The second-order valence-electron chi connectivity index (χ2n) is 3.31. The summed E-state index contributed by atoms with van der Waals surface area (Å²) in [6.45, 7) is 4.93. The summed E-state index contributed by atoms with van der Waals surface area (Å²) in [5.41, 5.74) is 7.02. The van der Waals surface area contributed by atoms with E-state index in [-0.39, 0.29) is 12.8 Å². The minimum atomic E-state index is 0.0304. The third-order valence-corrected chi connectivity index (χ3v) is 2.26. The van der Waals surface area contributed by atoms with Crippen LogP contribution in [0, 0.1) is 0 Å². The van der Waals surface area contributed by atoms with Gasteiger partial charge >= 0.3 is 0 Å². The Hall–Kier alpha value is -1.06. The summed E-state index contributed by atoms with van der Waals surface area (Å²) < 4.78 is 10.6. The molecule has 0 saturated carbocycles. The Morgan fingerprint density at radius 3 is 2.67 bits per heavy atom. The zero-order chi connectivity index (χ0) is 11.1. The first-order valence-electron chi connectivity index (χ1n) is 5.34. The van der Waals surface area contributed by atoms with Gasteiger partial charge in [-0.25, -0.2) is 0 Å². The minimum Gasteiger partial charge on any atom is -0.467 e. The van der Waals surface area contributed by atoms with Crippen LogP contribution >= 0.6 is 0 Å². The van der Waals surface area contributed by atoms with E-state index in [9.17, 15) is 0 Å². The van der Waals surface area contributed by atoms with Crippen molar-refractivity contribution >= 4 is 0 Å². The van der Waals surface area contributed by atoms with Crippen LogP contribution in [0.2, 0.25) is 0 Å². The summed E-state index contributed by atoms with van der Waals surface area (Å²) in [5, 5.41) is 0. The van der Waals surface area contributed by atoms with E-state index in [4.69, 9.17) is 15.2 Å². The highest BCUT2D eigenvalue weighted by Gasteiger charge is 2.09. The second-order valence-corrected chi connectivity index (χ2v) is 3.31. The lowest BCUT2D eigenvalue weighted by molar-refractivity contribution is 0.0216. The van der Waals surface area contributed by atoms with Crippen molar-refractivity contribution in [3.63, 3.8) is 0 Å². The summed E-state index contributed by atoms with van der Waals surface area (Å²) in [6, 6.07) is 7.85. The van der Waals surface area contributed by atoms with Gasteiger partial charge in [-0.05, 0) is 19.4 Å². The lowest BCUT2D eigenvalue weighted by atomic mass is 10.0. The second kappa shape index (κ2) is 6.43. The lowest BCUT2D eigenvalue weighted by Crippen LogP contribution is -2.12. The van der Waals surface area contributed by atoms with E-state index in [0.29, 0.717) is 6.61 Å². The number of benzene rings is 1. The zero-order valence-corrected chi connectivity index (χ0v) is 9.40. The van der Waals surface area contributed by atoms with E-state index in [2.05, 4.69) is 6.92 Å². The molecule has 0 heterocycles. The maximum absolute atomic E-state index is 5.98. The van der Waals surface area contributed by atoms with E-state index in [1.165, 1.54) is 0 Å². The minimum absolute atomic E-state index is 0.0304. The molecular formula is C12H19NO2. The average Bonchev–Trinajstić information content (AvgIpc) is 2.29. The number of ether oxygens (including phenoxy) is 2. The fourth-order valence-corrected chi connectivity index (χ4v) is 1.33. The molecule has 3 heteroatoms. The summed E-state index contributed by atoms with van der Waals surface area (Å²) in [7, 11) is 0. The van der Waals surface area contributed by atoms with Crippen LogP contribution in [0.15, 0.2) is 24.3 Å². The number of para-hydroxylation sites is 1. The Labute approximate surface area is 91.2 Å². The van der Waals surface area contributed by atoms with Gasteiger partial charge in [0.05, 0.1) is 0 Å². The highest BCUT2D eigenvalue weighted by molar-refractivity contribution is 5.35. The topological polar surface area (TPSA) is 44.5 Å². The summed E-state index contributed by atoms with van der Waals surface area (Å²) in [5.74, 6) is 0.820. The van der Waals surface area contributed by atoms with Crippen LogP contribution < -0.4 is 10.5 Å². The summed E-state index contributed by atoms with van der Waals surface area (Å²) in [6.07, 6.45) is 0.898. The Bertz CT molecular complexity index is 289. The molecule has 0 fully saturated rings. The molecule has 0 saturated heterocycles. The first-order valence-corrected chi connectivity index (χ1v) is 5.34. The van der Waals surface area contributed by atoms with Gasteiger partial charge in [0.15, 0.2) is 6.79 Å². The van der Waals surface area contributed by atoms with E-state index in [0.717, 1.165) is 17.7 Å². The molecular weight excluding hydrogens is 190 g/mol. The van der Waals surface area contributed by atoms with E-state index >= 15 is 0 Å². The SMILES string of the molecule is CCOCOc1ccccc1[C@H](N)CC. The molecule has 0 aliphatic rings. The summed E-state index contributed by atoms with van der Waals surface area (Å²) >= 11 is 0. The van der Waals surface area contributed by atoms with Gasteiger partial charge in [0, 0.05) is 18.2 Å². The first kappa shape index (κ1) is 12.0. The first-order chi connectivity index (χ1) is 7.29. The van der Waals surface area contributed by atoms with Crippen LogP contribution in [-0.2, 0) is 4.74 Å². The highest BCUT2D eigenvalue weighted by atomic mass is 16.7. The van der Waals surface area contributed by atoms with Crippen LogP contribution in [0.1, 0.15) is 31.9 Å². The highest BCUT2D eigenvalue weighted by Crippen LogP contribution is 2.25. The van der Waals surface area contributed by atoms with Gasteiger partial charge < -0.3 is 15.2 Å².